The molecule has 0 radical (unpaired) electrons. The topological polar surface area (TPSA) is 71.7 Å². The Bertz CT molecular complexity index is 513. The fourth-order valence-electron chi connectivity index (χ4n) is 3.24. The second-order valence-electron chi connectivity index (χ2n) is 6.11. The smallest absolute Gasteiger partial charge is 0.233 e. The minimum absolute atomic E-state index is 0.0569. The van der Waals surface area contributed by atoms with Crippen LogP contribution >= 0.6 is 0 Å². The van der Waals surface area contributed by atoms with Crippen molar-refractivity contribution in [3.05, 3.63) is 11.8 Å². The molecule has 2 saturated heterocycles. The maximum Gasteiger partial charge on any atom is 0.233 e. The lowest BCUT2D eigenvalue weighted by atomic mass is 9.95. The zero-order chi connectivity index (χ0) is 15.5. The van der Waals surface area contributed by atoms with Crippen LogP contribution in [-0.2, 0) is 9.53 Å². The first kappa shape index (κ1) is 15.4. The molecule has 22 heavy (non-hydrogen) atoms. The SMILES string of the molecule is Cc1nnc(C(C)N2CCCC(C(=O)N3CCOCC3)C2)o1. The number of carbonyl (C=O) groups excluding carboxylic acids is 1. The van der Waals surface area contributed by atoms with Gasteiger partial charge in [-0.05, 0) is 26.3 Å². The van der Waals surface area contributed by atoms with Gasteiger partial charge in [0.15, 0.2) is 0 Å². The standard InChI is InChI=1S/C15H24N4O3/c1-11(14-17-16-12(2)22-14)19-5-3-4-13(10-19)15(20)18-6-8-21-9-7-18/h11,13H,3-10H2,1-2H3. The molecule has 1 aromatic heterocycles. The van der Waals surface area contributed by atoms with Crippen LogP contribution in [0.4, 0.5) is 0 Å². The molecule has 0 bridgehead atoms. The van der Waals surface area contributed by atoms with Crippen molar-refractivity contribution < 1.29 is 13.9 Å². The second kappa shape index (κ2) is 6.75. The van der Waals surface area contributed by atoms with Crippen molar-refractivity contribution >= 4 is 5.91 Å². The summed E-state index contributed by atoms with van der Waals surface area (Å²) in [6, 6.07) is 0.0569. The Morgan fingerprint density at radius 3 is 2.73 bits per heavy atom. The van der Waals surface area contributed by atoms with Gasteiger partial charge in [-0.15, -0.1) is 10.2 Å². The Balaban J connectivity index is 1.62. The summed E-state index contributed by atoms with van der Waals surface area (Å²) in [4.78, 5) is 16.9. The molecule has 122 valence electrons. The van der Waals surface area contributed by atoms with Crippen molar-refractivity contribution in [2.24, 2.45) is 5.92 Å². The minimum Gasteiger partial charge on any atom is -0.424 e. The third-order valence-electron chi connectivity index (χ3n) is 4.57. The van der Waals surface area contributed by atoms with Gasteiger partial charge in [-0.3, -0.25) is 9.69 Å². The lowest BCUT2D eigenvalue weighted by Gasteiger charge is -2.37. The molecule has 2 aliphatic rings. The van der Waals surface area contributed by atoms with Crippen LogP contribution in [0.1, 0.15) is 37.6 Å². The lowest BCUT2D eigenvalue weighted by molar-refractivity contribution is -0.141. The van der Waals surface area contributed by atoms with Gasteiger partial charge >= 0.3 is 0 Å². The van der Waals surface area contributed by atoms with E-state index in [4.69, 9.17) is 9.15 Å². The Morgan fingerprint density at radius 1 is 1.27 bits per heavy atom. The number of hydrogen-bond acceptors (Lipinski definition) is 6. The number of aryl methyl sites for hydroxylation is 1. The molecule has 2 atom stereocenters. The molecule has 2 fully saturated rings. The van der Waals surface area contributed by atoms with Gasteiger partial charge in [0.2, 0.25) is 17.7 Å². The van der Waals surface area contributed by atoms with Crippen LogP contribution in [0, 0.1) is 12.8 Å². The normalized spacial score (nSPS) is 25.2. The third-order valence-corrected chi connectivity index (χ3v) is 4.57. The van der Waals surface area contributed by atoms with Crippen LogP contribution in [0.5, 0.6) is 0 Å². The van der Waals surface area contributed by atoms with E-state index in [0.29, 0.717) is 38.1 Å². The highest BCUT2D eigenvalue weighted by atomic mass is 16.5. The number of carbonyl (C=O) groups is 1. The van der Waals surface area contributed by atoms with Crippen molar-refractivity contribution in [1.82, 2.24) is 20.0 Å². The van der Waals surface area contributed by atoms with Crippen LogP contribution in [0.15, 0.2) is 4.42 Å². The molecule has 0 spiro atoms. The van der Waals surface area contributed by atoms with E-state index in [2.05, 4.69) is 22.0 Å². The number of likely N-dealkylation sites (tertiary alicyclic amines) is 1. The van der Waals surface area contributed by atoms with E-state index in [-0.39, 0.29) is 17.9 Å². The molecule has 0 aromatic carbocycles. The molecule has 7 nitrogen and oxygen atoms in total. The predicted octanol–water partition coefficient (Wildman–Crippen LogP) is 1.01. The molecule has 1 amide bonds. The monoisotopic (exact) mass is 308 g/mol. The summed E-state index contributed by atoms with van der Waals surface area (Å²) >= 11 is 0. The van der Waals surface area contributed by atoms with Gasteiger partial charge < -0.3 is 14.1 Å². The van der Waals surface area contributed by atoms with Gasteiger partial charge in [-0.1, -0.05) is 0 Å². The zero-order valence-electron chi connectivity index (χ0n) is 13.3. The summed E-state index contributed by atoms with van der Waals surface area (Å²) in [5.74, 6) is 1.55. The van der Waals surface area contributed by atoms with Crippen LogP contribution in [0.25, 0.3) is 0 Å². The first-order chi connectivity index (χ1) is 10.6. The number of aromatic nitrogens is 2. The van der Waals surface area contributed by atoms with Crippen molar-refractivity contribution in [3.8, 4) is 0 Å². The summed E-state index contributed by atoms with van der Waals surface area (Å²) < 4.78 is 10.9. The molecule has 1 aromatic rings. The van der Waals surface area contributed by atoms with Crippen LogP contribution < -0.4 is 0 Å². The fourth-order valence-corrected chi connectivity index (χ4v) is 3.24. The van der Waals surface area contributed by atoms with Crippen molar-refractivity contribution in [3.63, 3.8) is 0 Å². The average Bonchev–Trinajstić information content (AvgIpc) is 3.01. The highest BCUT2D eigenvalue weighted by Crippen LogP contribution is 2.27. The Morgan fingerprint density at radius 2 is 2.05 bits per heavy atom. The maximum atomic E-state index is 12.7. The molecule has 0 N–H and O–H groups in total. The Kier molecular flexibility index (Phi) is 4.73. The molecule has 0 aliphatic carbocycles. The summed E-state index contributed by atoms with van der Waals surface area (Å²) in [5.41, 5.74) is 0. The van der Waals surface area contributed by atoms with E-state index in [0.717, 1.165) is 25.9 Å². The lowest BCUT2D eigenvalue weighted by Crippen LogP contribution is -2.48. The van der Waals surface area contributed by atoms with Gasteiger partial charge in [0, 0.05) is 26.6 Å². The summed E-state index contributed by atoms with van der Waals surface area (Å²) in [7, 11) is 0. The molecule has 2 aliphatic heterocycles. The largest absolute Gasteiger partial charge is 0.424 e. The van der Waals surface area contributed by atoms with Gasteiger partial charge in [0.05, 0.1) is 25.2 Å². The number of morpholine rings is 1. The van der Waals surface area contributed by atoms with Crippen LogP contribution in [-0.4, -0.2) is 65.3 Å². The molecular formula is C15H24N4O3. The van der Waals surface area contributed by atoms with Crippen molar-refractivity contribution in [1.29, 1.82) is 0 Å². The van der Waals surface area contributed by atoms with Crippen molar-refractivity contribution in [2.45, 2.75) is 32.7 Å². The number of ether oxygens (including phenoxy) is 1. The van der Waals surface area contributed by atoms with E-state index in [1.54, 1.807) is 6.92 Å². The Hall–Kier alpha value is -1.47. The molecule has 3 heterocycles. The number of piperidine rings is 1. The van der Waals surface area contributed by atoms with E-state index in [9.17, 15) is 4.79 Å². The molecule has 0 saturated carbocycles. The molecule has 2 unspecified atom stereocenters. The zero-order valence-corrected chi connectivity index (χ0v) is 13.3. The number of amides is 1. The first-order valence-corrected chi connectivity index (χ1v) is 8.05. The van der Waals surface area contributed by atoms with E-state index in [1.165, 1.54) is 0 Å². The third kappa shape index (κ3) is 3.30. The average molecular weight is 308 g/mol. The highest BCUT2D eigenvalue weighted by molar-refractivity contribution is 5.79. The fraction of sp³-hybridized carbons (Fsp3) is 0.800. The molecule has 3 rings (SSSR count). The van der Waals surface area contributed by atoms with E-state index in [1.807, 2.05) is 4.90 Å². The molecule has 7 heteroatoms. The van der Waals surface area contributed by atoms with Crippen LogP contribution in [0.2, 0.25) is 0 Å². The Labute approximate surface area is 130 Å². The van der Waals surface area contributed by atoms with E-state index < -0.39 is 0 Å². The quantitative estimate of drug-likeness (QED) is 0.830. The number of rotatable bonds is 3. The molecular weight excluding hydrogens is 284 g/mol. The summed E-state index contributed by atoms with van der Waals surface area (Å²) in [5, 5.41) is 8.01. The number of nitrogens with zero attached hydrogens (tertiary/aromatic N) is 4. The minimum atomic E-state index is 0.0569. The van der Waals surface area contributed by atoms with Gasteiger partial charge in [-0.2, -0.15) is 0 Å². The maximum absolute atomic E-state index is 12.7. The van der Waals surface area contributed by atoms with Crippen LogP contribution in [0.3, 0.4) is 0 Å². The summed E-state index contributed by atoms with van der Waals surface area (Å²) in [6.07, 6.45) is 1.99. The highest BCUT2D eigenvalue weighted by Gasteiger charge is 2.33. The first-order valence-electron chi connectivity index (χ1n) is 8.05. The summed E-state index contributed by atoms with van der Waals surface area (Å²) in [6.45, 7) is 8.33. The second-order valence-corrected chi connectivity index (χ2v) is 6.11. The van der Waals surface area contributed by atoms with Gasteiger partial charge in [-0.25, -0.2) is 0 Å². The van der Waals surface area contributed by atoms with Crippen molar-refractivity contribution in [2.75, 3.05) is 39.4 Å². The van der Waals surface area contributed by atoms with Gasteiger partial charge in [0.25, 0.3) is 0 Å². The predicted molar refractivity (Wildman–Crippen MR) is 79.1 cm³/mol. The number of hydrogen-bond donors (Lipinski definition) is 0. The van der Waals surface area contributed by atoms with E-state index >= 15 is 0 Å². The van der Waals surface area contributed by atoms with Gasteiger partial charge in [0.1, 0.15) is 0 Å².